The second kappa shape index (κ2) is 9.03. The van der Waals surface area contributed by atoms with Crippen LogP contribution in [0, 0.1) is 0 Å². The molecule has 0 saturated carbocycles. The van der Waals surface area contributed by atoms with Crippen molar-refractivity contribution in [3.63, 3.8) is 0 Å². The fourth-order valence-electron chi connectivity index (χ4n) is 5.41. The molecule has 2 aromatic carbocycles. The molecule has 8 heteroatoms. The molecule has 0 bridgehead atoms. The number of urea groups is 1. The second-order valence-corrected chi connectivity index (χ2v) is 8.79. The predicted octanol–water partition coefficient (Wildman–Crippen LogP) is 2.76. The summed E-state index contributed by atoms with van der Waals surface area (Å²) in [5, 5.41) is 2.95. The first-order valence-corrected chi connectivity index (χ1v) is 11.5. The van der Waals surface area contributed by atoms with Crippen LogP contribution in [-0.2, 0) is 16.1 Å². The number of ether oxygens (including phenoxy) is 2. The summed E-state index contributed by atoms with van der Waals surface area (Å²) >= 11 is 0. The van der Waals surface area contributed by atoms with Gasteiger partial charge in [-0.1, -0.05) is 42.5 Å². The van der Waals surface area contributed by atoms with E-state index in [2.05, 4.69) is 22.3 Å². The largest absolute Gasteiger partial charge is 0.495 e. The van der Waals surface area contributed by atoms with Gasteiger partial charge in [0, 0.05) is 39.0 Å². The van der Waals surface area contributed by atoms with Gasteiger partial charge in [0.1, 0.15) is 17.5 Å². The van der Waals surface area contributed by atoms with Crippen molar-refractivity contribution in [1.29, 1.82) is 0 Å². The summed E-state index contributed by atoms with van der Waals surface area (Å²) in [6.45, 7) is 3.43. The number of carbonyl (C=O) groups excluding carboxylic acids is 2. The van der Waals surface area contributed by atoms with Crippen LogP contribution < -0.4 is 10.1 Å². The molecule has 5 rings (SSSR count). The average molecular weight is 451 g/mol. The SMILES string of the molecule is COc1ccccc1NC(=O)N1CCN2[C@H](C1)C(=O)N(Cc1ccccc1)C21CCOCC1. The van der Waals surface area contributed by atoms with E-state index < -0.39 is 0 Å². The highest BCUT2D eigenvalue weighted by atomic mass is 16.5. The number of benzene rings is 2. The quantitative estimate of drug-likeness (QED) is 0.776. The van der Waals surface area contributed by atoms with E-state index >= 15 is 0 Å². The monoisotopic (exact) mass is 450 g/mol. The van der Waals surface area contributed by atoms with E-state index in [1.165, 1.54) is 0 Å². The number of amides is 3. The number of nitrogens with one attached hydrogen (secondary N) is 1. The highest BCUT2D eigenvalue weighted by molar-refractivity contribution is 5.92. The van der Waals surface area contributed by atoms with Crippen molar-refractivity contribution in [1.82, 2.24) is 14.7 Å². The van der Waals surface area contributed by atoms with Gasteiger partial charge >= 0.3 is 6.03 Å². The Balaban J connectivity index is 1.36. The number of para-hydroxylation sites is 2. The van der Waals surface area contributed by atoms with Gasteiger partial charge in [0.05, 0.1) is 26.0 Å². The highest BCUT2D eigenvalue weighted by Crippen LogP contribution is 2.42. The van der Waals surface area contributed by atoms with Crippen LogP contribution in [0.15, 0.2) is 54.6 Å². The van der Waals surface area contributed by atoms with Crippen molar-refractivity contribution < 1.29 is 19.1 Å². The number of piperazine rings is 1. The normalized spacial score (nSPS) is 22.3. The number of nitrogens with zero attached hydrogens (tertiary/aromatic N) is 3. The number of anilines is 1. The Kier molecular flexibility index (Phi) is 5.95. The molecule has 3 aliphatic rings. The first-order valence-electron chi connectivity index (χ1n) is 11.5. The van der Waals surface area contributed by atoms with Gasteiger partial charge in [-0.05, 0) is 17.7 Å². The maximum Gasteiger partial charge on any atom is 0.322 e. The summed E-state index contributed by atoms with van der Waals surface area (Å²) in [5.41, 5.74) is 1.39. The third kappa shape index (κ3) is 3.94. The molecule has 0 unspecified atom stereocenters. The van der Waals surface area contributed by atoms with Crippen LogP contribution in [0.5, 0.6) is 5.75 Å². The lowest BCUT2D eigenvalue weighted by Crippen LogP contribution is -2.62. The topological polar surface area (TPSA) is 74.4 Å². The van der Waals surface area contributed by atoms with Crippen LogP contribution in [0.4, 0.5) is 10.5 Å². The van der Waals surface area contributed by atoms with Crippen LogP contribution in [0.1, 0.15) is 18.4 Å². The molecule has 0 radical (unpaired) electrons. The molecule has 3 aliphatic heterocycles. The Morgan fingerprint density at radius 1 is 1.09 bits per heavy atom. The van der Waals surface area contributed by atoms with Crippen LogP contribution >= 0.6 is 0 Å². The first kappa shape index (κ1) is 21.7. The smallest absolute Gasteiger partial charge is 0.322 e. The molecule has 1 atom stereocenters. The summed E-state index contributed by atoms with van der Waals surface area (Å²) in [6.07, 6.45) is 1.57. The Morgan fingerprint density at radius 3 is 2.58 bits per heavy atom. The van der Waals surface area contributed by atoms with Crippen LogP contribution in [0.25, 0.3) is 0 Å². The van der Waals surface area contributed by atoms with Crippen molar-refractivity contribution in [3.05, 3.63) is 60.2 Å². The maximum atomic E-state index is 13.7. The number of carbonyl (C=O) groups is 2. The number of hydrogen-bond donors (Lipinski definition) is 1. The van der Waals surface area contributed by atoms with Crippen molar-refractivity contribution >= 4 is 17.6 Å². The van der Waals surface area contributed by atoms with Crippen molar-refractivity contribution in [2.45, 2.75) is 31.1 Å². The van der Waals surface area contributed by atoms with Crippen molar-refractivity contribution in [2.24, 2.45) is 0 Å². The zero-order chi connectivity index (χ0) is 22.8. The summed E-state index contributed by atoms with van der Waals surface area (Å²) < 4.78 is 11.0. The minimum Gasteiger partial charge on any atom is -0.495 e. The lowest BCUT2D eigenvalue weighted by atomic mass is 9.96. The van der Waals surface area contributed by atoms with E-state index in [0.717, 1.165) is 18.4 Å². The minimum atomic E-state index is -0.346. The van der Waals surface area contributed by atoms with E-state index in [-0.39, 0.29) is 23.6 Å². The van der Waals surface area contributed by atoms with Gasteiger partial charge in [-0.2, -0.15) is 0 Å². The Morgan fingerprint density at radius 2 is 1.82 bits per heavy atom. The van der Waals surface area contributed by atoms with Gasteiger partial charge in [-0.25, -0.2) is 4.79 Å². The van der Waals surface area contributed by atoms with E-state index in [4.69, 9.17) is 9.47 Å². The molecule has 1 spiro atoms. The number of methoxy groups -OCH3 is 1. The molecular weight excluding hydrogens is 420 g/mol. The summed E-state index contributed by atoms with van der Waals surface area (Å²) in [5.74, 6) is 0.701. The van der Waals surface area contributed by atoms with Gasteiger partial charge < -0.3 is 24.6 Å². The molecule has 33 heavy (non-hydrogen) atoms. The highest BCUT2D eigenvalue weighted by Gasteiger charge is 2.58. The van der Waals surface area contributed by atoms with E-state index in [0.29, 0.717) is 50.8 Å². The third-order valence-corrected chi connectivity index (χ3v) is 7.08. The Bertz CT molecular complexity index is 1010. The zero-order valence-corrected chi connectivity index (χ0v) is 18.9. The average Bonchev–Trinajstić information content (AvgIpc) is 3.07. The van der Waals surface area contributed by atoms with E-state index in [1.54, 1.807) is 12.0 Å². The molecule has 3 amide bonds. The van der Waals surface area contributed by atoms with Crippen LogP contribution in [0.2, 0.25) is 0 Å². The first-order chi connectivity index (χ1) is 16.1. The maximum absolute atomic E-state index is 13.7. The molecular formula is C25H30N4O4. The summed E-state index contributed by atoms with van der Waals surface area (Å²) in [6, 6.07) is 16.9. The Hall–Kier alpha value is -3.10. The van der Waals surface area contributed by atoms with Gasteiger partial charge in [0.15, 0.2) is 0 Å². The van der Waals surface area contributed by atoms with Crippen LogP contribution in [-0.4, -0.2) is 78.3 Å². The number of hydrogen-bond acceptors (Lipinski definition) is 5. The molecule has 3 heterocycles. The van der Waals surface area contributed by atoms with Gasteiger partial charge in [-0.15, -0.1) is 0 Å². The molecule has 2 aromatic rings. The van der Waals surface area contributed by atoms with E-state index in [9.17, 15) is 9.59 Å². The minimum absolute atomic E-state index is 0.0931. The lowest BCUT2D eigenvalue weighted by Gasteiger charge is -2.49. The predicted molar refractivity (Wildman–Crippen MR) is 124 cm³/mol. The van der Waals surface area contributed by atoms with Crippen LogP contribution in [0.3, 0.4) is 0 Å². The molecule has 0 aliphatic carbocycles. The molecule has 1 N–H and O–H groups in total. The molecule has 3 saturated heterocycles. The summed E-state index contributed by atoms with van der Waals surface area (Å²) in [4.78, 5) is 32.9. The second-order valence-electron chi connectivity index (χ2n) is 8.79. The van der Waals surface area contributed by atoms with E-state index in [1.807, 2.05) is 47.4 Å². The number of fused-ring (bicyclic) bond motifs is 2. The molecule has 0 aromatic heterocycles. The summed E-state index contributed by atoms with van der Waals surface area (Å²) in [7, 11) is 1.58. The molecule has 3 fully saturated rings. The number of rotatable bonds is 4. The fraction of sp³-hybridized carbons (Fsp3) is 0.440. The standard InChI is InChI=1S/C25H30N4O4/c1-32-22-10-6-5-9-20(22)26-24(31)27-13-14-28-21(18-27)23(30)29(17-19-7-3-2-4-8-19)25(28)11-15-33-16-12-25/h2-10,21H,11-18H2,1H3,(H,26,31)/t21-/m1/s1. The molecule has 174 valence electrons. The van der Waals surface area contributed by atoms with Crippen molar-refractivity contribution in [3.8, 4) is 5.75 Å². The fourth-order valence-corrected chi connectivity index (χ4v) is 5.41. The van der Waals surface area contributed by atoms with Gasteiger partial charge in [0.2, 0.25) is 5.91 Å². The third-order valence-electron chi connectivity index (χ3n) is 7.08. The van der Waals surface area contributed by atoms with Gasteiger partial charge in [-0.3, -0.25) is 9.69 Å². The zero-order valence-electron chi connectivity index (χ0n) is 18.9. The van der Waals surface area contributed by atoms with Gasteiger partial charge in [0.25, 0.3) is 0 Å². The van der Waals surface area contributed by atoms with Crippen molar-refractivity contribution in [2.75, 3.05) is 45.3 Å². The lowest BCUT2D eigenvalue weighted by molar-refractivity contribution is -0.137. The Labute approximate surface area is 194 Å². The molecule has 8 nitrogen and oxygen atoms in total.